The van der Waals surface area contributed by atoms with E-state index in [0.29, 0.717) is 6.79 Å². The zero-order valence-corrected chi connectivity index (χ0v) is 16.7. The number of rotatable bonds is 6. The highest BCUT2D eigenvalue weighted by atomic mass is 79.9. The van der Waals surface area contributed by atoms with Crippen LogP contribution in [-0.2, 0) is 22.6 Å². The monoisotopic (exact) mass is 453 g/mol. The summed E-state index contributed by atoms with van der Waals surface area (Å²) in [5, 5.41) is 18.2. The van der Waals surface area contributed by atoms with Gasteiger partial charge in [-0.2, -0.15) is 0 Å². The molecule has 28 heavy (non-hydrogen) atoms. The second-order valence-electron chi connectivity index (χ2n) is 5.69. The van der Waals surface area contributed by atoms with Crippen molar-refractivity contribution in [3.05, 3.63) is 52.0 Å². The van der Waals surface area contributed by atoms with Crippen molar-refractivity contribution in [3.63, 3.8) is 0 Å². The molecule has 0 atom stereocenters. The van der Waals surface area contributed by atoms with Crippen LogP contribution in [0.1, 0.15) is 11.1 Å². The first-order chi connectivity index (χ1) is 13.4. The van der Waals surface area contributed by atoms with Crippen molar-refractivity contribution in [2.45, 2.75) is 13.0 Å². The van der Waals surface area contributed by atoms with E-state index in [4.69, 9.17) is 34.0 Å². The number of hydrogen-bond acceptors (Lipinski definition) is 6. The summed E-state index contributed by atoms with van der Waals surface area (Å²) in [5.74, 6) is -1.12. The van der Waals surface area contributed by atoms with Crippen LogP contribution in [0.5, 0.6) is 17.2 Å². The second-order valence-corrected chi connectivity index (χ2v) is 6.55. The molecule has 1 aliphatic heterocycles. The van der Waals surface area contributed by atoms with Gasteiger partial charge in [0.2, 0.25) is 6.79 Å². The van der Waals surface area contributed by atoms with Gasteiger partial charge >= 0.3 is 11.9 Å². The van der Waals surface area contributed by atoms with E-state index in [2.05, 4.69) is 39.4 Å². The molecule has 0 unspecified atom stereocenters. The fourth-order valence-corrected chi connectivity index (χ4v) is 2.97. The molecule has 0 radical (unpaired) electrons. The Morgan fingerprint density at radius 1 is 1.07 bits per heavy atom. The fraction of sp³-hybridized carbons (Fsp3) is 0.263. The van der Waals surface area contributed by atoms with Gasteiger partial charge in [-0.05, 0) is 64.3 Å². The maximum absolute atomic E-state index is 9.10. The lowest BCUT2D eigenvalue weighted by molar-refractivity contribution is -0.159. The molecular formula is C19H20BrNO7. The highest BCUT2D eigenvalue weighted by Crippen LogP contribution is 2.32. The van der Waals surface area contributed by atoms with E-state index < -0.39 is 11.9 Å². The van der Waals surface area contributed by atoms with E-state index in [9.17, 15) is 0 Å². The summed E-state index contributed by atoms with van der Waals surface area (Å²) in [5.41, 5.74) is 2.46. The highest BCUT2D eigenvalue weighted by molar-refractivity contribution is 9.10. The van der Waals surface area contributed by atoms with Crippen molar-refractivity contribution in [2.24, 2.45) is 0 Å². The molecule has 3 N–H and O–H groups in total. The maximum atomic E-state index is 9.10. The van der Waals surface area contributed by atoms with E-state index in [1.807, 2.05) is 18.2 Å². The van der Waals surface area contributed by atoms with Crippen LogP contribution in [0.15, 0.2) is 40.9 Å². The number of fused-ring (bicyclic) bond motifs is 1. The van der Waals surface area contributed by atoms with Crippen molar-refractivity contribution < 1.29 is 34.0 Å². The standard InChI is InChI=1S/C17H18BrNO3.C2H2O4/c1-20-15-4-3-13(8-14(15)18)10-19-7-6-12-2-5-16-17(9-12)22-11-21-16;3-1(4)2(5)6/h2-5,8-9,19H,6-7,10-11H2,1H3;(H,3,4)(H,5,6). The van der Waals surface area contributed by atoms with Crippen molar-refractivity contribution in [1.82, 2.24) is 5.32 Å². The molecule has 3 rings (SSSR count). The zero-order chi connectivity index (χ0) is 20.5. The molecule has 0 saturated heterocycles. The largest absolute Gasteiger partial charge is 0.496 e. The van der Waals surface area contributed by atoms with E-state index in [1.54, 1.807) is 7.11 Å². The molecule has 0 amide bonds. The SMILES string of the molecule is COc1ccc(CNCCc2ccc3c(c2)OCO3)cc1Br.O=C(O)C(=O)O. The zero-order valence-electron chi connectivity index (χ0n) is 15.1. The average molecular weight is 454 g/mol. The number of halogens is 1. The Morgan fingerprint density at radius 3 is 2.39 bits per heavy atom. The second kappa shape index (κ2) is 10.5. The number of nitrogens with one attached hydrogen (secondary N) is 1. The van der Waals surface area contributed by atoms with Crippen LogP contribution in [0.3, 0.4) is 0 Å². The van der Waals surface area contributed by atoms with Crippen LogP contribution >= 0.6 is 15.9 Å². The van der Waals surface area contributed by atoms with Crippen LogP contribution in [0, 0.1) is 0 Å². The Bertz CT molecular complexity index is 829. The number of hydrogen-bond donors (Lipinski definition) is 3. The van der Waals surface area contributed by atoms with Gasteiger partial charge in [-0.3, -0.25) is 0 Å². The summed E-state index contributed by atoms with van der Waals surface area (Å²) in [6.45, 7) is 2.06. The van der Waals surface area contributed by atoms with Crippen molar-refractivity contribution >= 4 is 27.9 Å². The molecule has 9 heteroatoms. The van der Waals surface area contributed by atoms with Crippen LogP contribution in [0.2, 0.25) is 0 Å². The Hall–Kier alpha value is -2.78. The van der Waals surface area contributed by atoms with E-state index >= 15 is 0 Å². The van der Waals surface area contributed by atoms with Gasteiger partial charge in [-0.25, -0.2) is 9.59 Å². The summed E-state index contributed by atoms with van der Waals surface area (Å²) < 4.78 is 16.9. The molecule has 0 fully saturated rings. The number of ether oxygens (including phenoxy) is 3. The number of carbonyl (C=O) groups is 2. The lowest BCUT2D eigenvalue weighted by Crippen LogP contribution is -2.16. The Kier molecular flexibility index (Phi) is 8.09. The van der Waals surface area contributed by atoms with Gasteiger partial charge in [-0.1, -0.05) is 12.1 Å². The molecule has 1 heterocycles. The molecule has 2 aromatic rings. The average Bonchev–Trinajstić information content (AvgIpc) is 3.13. The molecule has 2 aromatic carbocycles. The smallest absolute Gasteiger partial charge is 0.414 e. The molecule has 0 aliphatic carbocycles. The molecule has 0 aromatic heterocycles. The predicted molar refractivity (Wildman–Crippen MR) is 104 cm³/mol. The third-order valence-electron chi connectivity index (χ3n) is 3.76. The summed E-state index contributed by atoms with van der Waals surface area (Å²) >= 11 is 3.50. The Morgan fingerprint density at radius 2 is 1.75 bits per heavy atom. The van der Waals surface area contributed by atoms with Crippen molar-refractivity contribution in [2.75, 3.05) is 20.4 Å². The van der Waals surface area contributed by atoms with E-state index in [1.165, 1.54) is 11.1 Å². The molecule has 0 saturated carbocycles. The van der Waals surface area contributed by atoms with Gasteiger partial charge < -0.3 is 29.7 Å². The lowest BCUT2D eigenvalue weighted by Gasteiger charge is -2.08. The third-order valence-corrected chi connectivity index (χ3v) is 4.38. The molecule has 0 bridgehead atoms. The topological polar surface area (TPSA) is 114 Å². The lowest BCUT2D eigenvalue weighted by atomic mass is 10.1. The van der Waals surface area contributed by atoms with E-state index in [0.717, 1.165) is 41.2 Å². The van der Waals surface area contributed by atoms with Gasteiger partial charge in [0.1, 0.15) is 5.75 Å². The highest BCUT2D eigenvalue weighted by Gasteiger charge is 2.12. The van der Waals surface area contributed by atoms with Gasteiger partial charge in [0.05, 0.1) is 11.6 Å². The number of carboxylic acid groups (broad SMARTS) is 2. The van der Waals surface area contributed by atoms with Crippen LogP contribution in [-0.4, -0.2) is 42.6 Å². The first-order valence-corrected chi connectivity index (χ1v) is 9.08. The minimum absolute atomic E-state index is 0.323. The maximum Gasteiger partial charge on any atom is 0.414 e. The van der Waals surface area contributed by atoms with Gasteiger partial charge in [0, 0.05) is 6.54 Å². The quantitative estimate of drug-likeness (QED) is 0.451. The summed E-state index contributed by atoms with van der Waals surface area (Å²) in [6.07, 6.45) is 0.952. The van der Waals surface area contributed by atoms with Crippen molar-refractivity contribution in [3.8, 4) is 17.2 Å². The summed E-state index contributed by atoms with van der Waals surface area (Å²) in [6, 6.07) is 12.2. The molecule has 8 nitrogen and oxygen atoms in total. The number of aliphatic carboxylic acids is 2. The summed E-state index contributed by atoms with van der Waals surface area (Å²) in [4.78, 5) is 18.2. The predicted octanol–water partition coefficient (Wildman–Crippen LogP) is 2.67. The Balaban J connectivity index is 0.000000409. The van der Waals surface area contributed by atoms with E-state index in [-0.39, 0.29) is 0 Å². The molecular weight excluding hydrogens is 434 g/mol. The minimum Gasteiger partial charge on any atom is -0.496 e. The van der Waals surface area contributed by atoms with Gasteiger partial charge in [-0.15, -0.1) is 0 Å². The van der Waals surface area contributed by atoms with Crippen molar-refractivity contribution in [1.29, 1.82) is 0 Å². The normalized spacial score (nSPS) is 11.4. The first kappa shape index (κ1) is 21.5. The van der Waals surface area contributed by atoms with Gasteiger partial charge in [0.25, 0.3) is 0 Å². The van der Waals surface area contributed by atoms with Crippen LogP contribution in [0.25, 0.3) is 0 Å². The van der Waals surface area contributed by atoms with Crippen LogP contribution in [0.4, 0.5) is 0 Å². The van der Waals surface area contributed by atoms with Crippen LogP contribution < -0.4 is 19.5 Å². The number of benzene rings is 2. The molecule has 1 aliphatic rings. The number of carboxylic acids is 2. The minimum atomic E-state index is -1.82. The number of methoxy groups -OCH3 is 1. The molecule has 0 spiro atoms. The first-order valence-electron chi connectivity index (χ1n) is 8.28. The third kappa shape index (κ3) is 6.43. The van der Waals surface area contributed by atoms with Gasteiger partial charge in [0.15, 0.2) is 11.5 Å². The fourth-order valence-electron chi connectivity index (χ4n) is 2.38. The summed E-state index contributed by atoms with van der Waals surface area (Å²) in [7, 11) is 1.67. The molecule has 150 valence electrons. The Labute approximate surface area is 170 Å².